The predicted molar refractivity (Wildman–Crippen MR) is 103 cm³/mol. The van der Waals surface area contributed by atoms with Gasteiger partial charge in [-0.1, -0.05) is 64.2 Å². The normalized spacial score (nSPS) is 10.8. The number of unbranched alkanes of at least 4 members (excludes halogenated alkanes) is 11. The summed E-state index contributed by atoms with van der Waals surface area (Å²) in [5.41, 5.74) is 0. The van der Waals surface area contributed by atoms with E-state index < -0.39 is 0 Å². The Morgan fingerprint density at radius 1 is 0.818 bits per heavy atom. The van der Waals surface area contributed by atoms with Crippen LogP contribution in [0.2, 0.25) is 0 Å². The third-order valence-electron chi connectivity index (χ3n) is 3.84. The molecule has 0 unspecified atom stereocenters. The highest BCUT2D eigenvalue weighted by molar-refractivity contribution is 7.98. The average Bonchev–Trinajstić information content (AvgIpc) is 2.52. The van der Waals surface area contributed by atoms with Crippen molar-refractivity contribution in [3.63, 3.8) is 0 Å². The number of carbonyl (C=O) groups is 1. The van der Waals surface area contributed by atoms with Crippen molar-refractivity contribution in [1.82, 2.24) is 0 Å². The molecule has 0 heterocycles. The SMILES string of the molecule is CSCCOC(=O)CCCCCCCCCCCCCCS. The van der Waals surface area contributed by atoms with Crippen LogP contribution in [0, 0.1) is 0 Å². The van der Waals surface area contributed by atoms with Crippen LogP contribution in [0.5, 0.6) is 0 Å². The van der Waals surface area contributed by atoms with Gasteiger partial charge in [-0.25, -0.2) is 0 Å². The number of hydrogen-bond acceptors (Lipinski definition) is 4. The Bertz CT molecular complexity index is 235. The highest BCUT2D eigenvalue weighted by Gasteiger charge is 2.01. The van der Waals surface area contributed by atoms with Crippen LogP contribution in [0.3, 0.4) is 0 Å². The molecule has 0 aliphatic carbocycles. The van der Waals surface area contributed by atoms with Crippen LogP contribution in [0.1, 0.15) is 83.5 Å². The van der Waals surface area contributed by atoms with Gasteiger partial charge in [0.2, 0.25) is 0 Å². The molecule has 132 valence electrons. The molecular weight excluding hydrogens is 312 g/mol. The van der Waals surface area contributed by atoms with Gasteiger partial charge in [0, 0.05) is 12.2 Å². The van der Waals surface area contributed by atoms with Gasteiger partial charge in [0.25, 0.3) is 0 Å². The largest absolute Gasteiger partial charge is 0.465 e. The molecule has 0 aromatic rings. The van der Waals surface area contributed by atoms with Crippen LogP contribution < -0.4 is 0 Å². The molecule has 0 aromatic carbocycles. The molecule has 0 aliphatic heterocycles. The van der Waals surface area contributed by atoms with E-state index in [1.54, 1.807) is 11.8 Å². The maximum atomic E-state index is 11.4. The Kier molecular flexibility index (Phi) is 19.4. The zero-order valence-electron chi connectivity index (χ0n) is 14.5. The van der Waals surface area contributed by atoms with Crippen LogP contribution in [-0.4, -0.2) is 30.3 Å². The number of ether oxygens (including phenoxy) is 1. The molecule has 4 heteroatoms. The molecule has 0 N–H and O–H groups in total. The molecule has 0 fully saturated rings. The zero-order chi connectivity index (χ0) is 16.3. The van der Waals surface area contributed by atoms with Crippen LogP contribution in [0.25, 0.3) is 0 Å². The third kappa shape index (κ3) is 18.2. The van der Waals surface area contributed by atoms with Crippen LogP contribution >= 0.6 is 24.4 Å². The Labute approximate surface area is 147 Å². The van der Waals surface area contributed by atoms with Gasteiger partial charge in [-0.3, -0.25) is 4.79 Å². The number of thiol groups is 1. The number of rotatable bonds is 17. The van der Waals surface area contributed by atoms with Crippen molar-refractivity contribution in [3.8, 4) is 0 Å². The summed E-state index contributed by atoms with van der Waals surface area (Å²) >= 11 is 5.94. The highest BCUT2D eigenvalue weighted by Crippen LogP contribution is 2.12. The Balaban J connectivity index is 3.06. The highest BCUT2D eigenvalue weighted by atomic mass is 32.2. The maximum absolute atomic E-state index is 11.4. The molecule has 0 atom stereocenters. The summed E-state index contributed by atoms with van der Waals surface area (Å²) in [6, 6.07) is 0. The molecule has 0 saturated heterocycles. The molecule has 0 rings (SSSR count). The van der Waals surface area contributed by atoms with Crippen molar-refractivity contribution >= 4 is 30.4 Å². The van der Waals surface area contributed by atoms with Gasteiger partial charge in [-0.15, -0.1) is 0 Å². The van der Waals surface area contributed by atoms with E-state index in [1.165, 1.54) is 70.6 Å². The molecule has 0 aliphatic rings. The first-order valence-corrected chi connectivity index (χ1v) is 11.1. The summed E-state index contributed by atoms with van der Waals surface area (Å²) in [4.78, 5) is 11.4. The molecule has 0 saturated carbocycles. The Hall–Kier alpha value is 0.170. The molecule has 2 nitrogen and oxygen atoms in total. The van der Waals surface area contributed by atoms with E-state index >= 15 is 0 Å². The lowest BCUT2D eigenvalue weighted by Gasteiger charge is -2.04. The van der Waals surface area contributed by atoms with Gasteiger partial charge < -0.3 is 4.74 Å². The Morgan fingerprint density at radius 3 is 1.73 bits per heavy atom. The van der Waals surface area contributed by atoms with Crippen molar-refractivity contribution < 1.29 is 9.53 Å². The second-order valence-corrected chi connectivity index (χ2v) is 7.36. The third-order valence-corrected chi connectivity index (χ3v) is 4.73. The van der Waals surface area contributed by atoms with Gasteiger partial charge in [0.05, 0.1) is 0 Å². The summed E-state index contributed by atoms with van der Waals surface area (Å²) in [5, 5.41) is 0. The molecule has 22 heavy (non-hydrogen) atoms. The van der Waals surface area contributed by atoms with E-state index in [0.29, 0.717) is 13.0 Å². The van der Waals surface area contributed by atoms with E-state index in [0.717, 1.165) is 17.9 Å². The fraction of sp³-hybridized carbons (Fsp3) is 0.944. The van der Waals surface area contributed by atoms with Crippen molar-refractivity contribution in [2.75, 3.05) is 24.4 Å². The number of esters is 1. The lowest BCUT2D eigenvalue weighted by atomic mass is 10.0. The van der Waals surface area contributed by atoms with Gasteiger partial charge >= 0.3 is 5.97 Å². The van der Waals surface area contributed by atoms with Crippen molar-refractivity contribution in [1.29, 1.82) is 0 Å². The van der Waals surface area contributed by atoms with Crippen LogP contribution in [0.4, 0.5) is 0 Å². The predicted octanol–water partition coefficient (Wildman–Crippen LogP) is 5.89. The van der Waals surface area contributed by atoms with E-state index in [9.17, 15) is 4.79 Å². The molecule has 0 spiro atoms. The quantitative estimate of drug-likeness (QED) is 0.201. The Morgan fingerprint density at radius 2 is 1.27 bits per heavy atom. The lowest BCUT2D eigenvalue weighted by Crippen LogP contribution is -2.06. The summed E-state index contributed by atoms with van der Waals surface area (Å²) in [7, 11) is 0. The standard InChI is InChI=1S/C18H36O2S2/c1-22-17-15-20-18(19)14-12-10-8-6-4-2-3-5-7-9-11-13-16-21/h21H,2-17H2,1H3. The topological polar surface area (TPSA) is 26.3 Å². The summed E-state index contributed by atoms with van der Waals surface area (Å²) < 4.78 is 5.13. The van der Waals surface area contributed by atoms with Crippen molar-refractivity contribution in [2.45, 2.75) is 83.5 Å². The van der Waals surface area contributed by atoms with Crippen molar-refractivity contribution in [3.05, 3.63) is 0 Å². The van der Waals surface area contributed by atoms with E-state index in [-0.39, 0.29) is 5.97 Å². The fourth-order valence-electron chi connectivity index (χ4n) is 2.46. The first-order chi connectivity index (χ1) is 10.8. The molecule has 0 aromatic heterocycles. The van der Waals surface area contributed by atoms with Crippen LogP contribution in [-0.2, 0) is 9.53 Å². The summed E-state index contributed by atoms with van der Waals surface area (Å²) in [5.74, 6) is 1.92. The molecule has 0 bridgehead atoms. The summed E-state index contributed by atoms with van der Waals surface area (Å²) in [6.45, 7) is 0.564. The molecular formula is C18H36O2S2. The second-order valence-electron chi connectivity index (χ2n) is 5.93. The first-order valence-electron chi connectivity index (χ1n) is 9.06. The maximum Gasteiger partial charge on any atom is 0.305 e. The van der Waals surface area contributed by atoms with E-state index in [4.69, 9.17) is 4.74 Å². The van der Waals surface area contributed by atoms with Gasteiger partial charge in [-0.2, -0.15) is 24.4 Å². The number of carbonyl (C=O) groups excluding carboxylic acids is 1. The minimum Gasteiger partial charge on any atom is -0.465 e. The second kappa shape index (κ2) is 19.2. The average molecular weight is 349 g/mol. The van der Waals surface area contributed by atoms with E-state index in [2.05, 4.69) is 12.6 Å². The lowest BCUT2D eigenvalue weighted by molar-refractivity contribution is -0.143. The van der Waals surface area contributed by atoms with Gasteiger partial charge in [0.1, 0.15) is 6.61 Å². The fourth-order valence-corrected chi connectivity index (χ4v) is 2.93. The molecule has 0 amide bonds. The minimum absolute atomic E-state index is 0.0213. The first kappa shape index (κ1) is 22.2. The zero-order valence-corrected chi connectivity index (χ0v) is 16.2. The van der Waals surface area contributed by atoms with E-state index in [1.807, 2.05) is 6.26 Å². The summed E-state index contributed by atoms with van der Waals surface area (Å²) in [6.07, 6.45) is 18.3. The van der Waals surface area contributed by atoms with Gasteiger partial charge in [0.15, 0.2) is 0 Å². The number of hydrogen-bond donors (Lipinski definition) is 1. The monoisotopic (exact) mass is 348 g/mol. The number of thioether (sulfide) groups is 1. The van der Waals surface area contributed by atoms with Gasteiger partial charge in [-0.05, 0) is 24.9 Å². The smallest absolute Gasteiger partial charge is 0.305 e. The van der Waals surface area contributed by atoms with Crippen molar-refractivity contribution in [2.24, 2.45) is 0 Å². The van der Waals surface area contributed by atoms with Crippen LogP contribution in [0.15, 0.2) is 0 Å². The molecule has 0 radical (unpaired) electrons. The minimum atomic E-state index is -0.0213.